The van der Waals surface area contributed by atoms with Gasteiger partial charge in [0.1, 0.15) is 0 Å². The van der Waals surface area contributed by atoms with Crippen molar-refractivity contribution < 1.29 is 0 Å². The second-order valence-electron chi connectivity index (χ2n) is 5.01. The number of hydrogen-bond donors (Lipinski definition) is 1. The van der Waals surface area contributed by atoms with Crippen molar-refractivity contribution in [3.8, 4) is 0 Å². The van der Waals surface area contributed by atoms with E-state index in [1.54, 1.807) is 0 Å². The van der Waals surface area contributed by atoms with E-state index >= 15 is 0 Å². The van der Waals surface area contributed by atoms with Crippen LogP contribution in [0.4, 0.5) is 0 Å². The van der Waals surface area contributed by atoms with E-state index in [1.807, 2.05) is 0 Å². The van der Waals surface area contributed by atoms with Crippen molar-refractivity contribution in [2.45, 2.75) is 33.9 Å². The zero-order valence-electron chi connectivity index (χ0n) is 11.5. The Labute approximate surface area is 110 Å². The van der Waals surface area contributed by atoms with Crippen LogP contribution in [0.1, 0.15) is 27.8 Å². The van der Waals surface area contributed by atoms with E-state index in [9.17, 15) is 0 Å². The van der Waals surface area contributed by atoms with Crippen LogP contribution in [0.15, 0.2) is 42.5 Å². The van der Waals surface area contributed by atoms with Gasteiger partial charge in [0.05, 0.1) is 0 Å². The van der Waals surface area contributed by atoms with Gasteiger partial charge in [0.15, 0.2) is 0 Å². The second kappa shape index (κ2) is 5.83. The van der Waals surface area contributed by atoms with Gasteiger partial charge in [-0.25, -0.2) is 0 Å². The van der Waals surface area contributed by atoms with Crippen LogP contribution in [0.2, 0.25) is 0 Å². The summed E-state index contributed by atoms with van der Waals surface area (Å²) >= 11 is 0. The lowest BCUT2D eigenvalue weighted by Crippen LogP contribution is -2.12. The Morgan fingerprint density at radius 3 is 2.00 bits per heavy atom. The highest BCUT2D eigenvalue weighted by Gasteiger charge is 1.97. The van der Waals surface area contributed by atoms with Crippen LogP contribution < -0.4 is 5.32 Å². The fourth-order valence-corrected chi connectivity index (χ4v) is 1.97. The first-order valence-corrected chi connectivity index (χ1v) is 6.47. The van der Waals surface area contributed by atoms with Crippen molar-refractivity contribution in [3.05, 3.63) is 70.3 Å². The maximum Gasteiger partial charge on any atom is 0.0208 e. The summed E-state index contributed by atoms with van der Waals surface area (Å²) in [6.07, 6.45) is 0. The first-order chi connectivity index (χ1) is 8.65. The summed E-state index contributed by atoms with van der Waals surface area (Å²) in [4.78, 5) is 0. The molecule has 94 valence electrons. The molecule has 18 heavy (non-hydrogen) atoms. The minimum Gasteiger partial charge on any atom is -0.309 e. The van der Waals surface area contributed by atoms with E-state index in [4.69, 9.17) is 0 Å². The lowest BCUT2D eigenvalue weighted by atomic mass is 10.1. The Hall–Kier alpha value is -1.60. The molecule has 0 spiro atoms. The smallest absolute Gasteiger partial charge is 0.0208 e. The zero-order chi connectivity index (χ0) is 13.0. The highest BCUT2D eigenvalue weighted by Crippen LogP contribution is 2.10. The van der Waals surface area contributed by atoms with Crippen LogP contribution in [-0.2, 0) is 13.1 Å². The van der Waals surface area contributed by atoms with Gasteiger partial charge in [-0.3, -0.25) is 0 Å². The first kappa shape index (κ1) is 12.8. The summed E-state index contributed by atoms with van der Waals surface area (Å²) in [5, 5.41) is 3.48. The molecule has 0 atom stereocenters. The van der Waals surface area contributed by atoms with Crippen molar-refractivity contribution >= 4 is 0 Å². The van der Waals surface area contributed by atoms with Crippen molar-refractivity contribution in [3.63, 3.8) is 0 Å². The van der Waals surface area contributed by atoms with Gasteiger partial charge in [-0.05, 0) is 43.0 Å². The Kier molecular flexibility index (Phi) is 4.16. The number of hydrogen-bond acceptors (Lipinski definition) is 1. The highest BCUT2D eigenvalue weighted by atomic mass is 14.8. The molecule has 1 nitrogen and oxygen atoms in total. The Morgan fingerprint density at radius 2 is 1.33 bits per heavy atom. The molecule has 0 saturated carbocycles. The standard InChI is InChI=1S/C17H21N/c1-13-4-7-16(8-5-13)11-18-12-17-9-6-14(2)15(3)10-17/h4-10,18H,11-12H2,1-3H3. The molecule has 0 saturated heterocycles. The van der Waals surface area contributed by atoms with E-state index in [0.717, 1.165) is 13.1 Å². The fraction of sp³-hybridized carbons (Fsp3) is 0.294. The van der Waals surface area contributed by atoms with Gasteiger partial charge in [0, 0.05) is 13.1 Å². The number of rotatable bonds is 4. The van der Waals surface area contributed by atoms with Crippen LogP contribution in [-0.4, -0.2) is 0 Å². The second-order valence-corrected chi connectivity index (χ2v) is 5.01. The lowest BCUT2D eigenvalue weighted by Gasteiger charge is -2.07. The molecule has 0 aliphatic carbocycles. The molecule has 1 heteroatoms. The van der Waals surface area contributed by atoms with Crippen LogP contribution >= 0.6 is 0 Å². The van der Waals surface area contributed by atoms with Crippen molar-refractivity contribution in [1.29, 1.82) is 0 Å². The summed E-state index contributed by atoms with van der Waals surface area (Å²) < 4.78 is 0. The van der Waals surface area contributed by atoms with Gasteiger partial charge in [-0.2, -0.15) is 0 Å². The van der Waals surface area contributed by atoms with Crippen molar-refractivity contribution in [2.75, 3.05) is 0 Å². The van der Waals surface area contributed by atoms with E-state index < -0.39 is 0 Å². The average molecular weight is 239 g/mol. The molecular formula is C17H21N. The van der Waals surface area contributed by atoms with Crippen LogP contribution in [0.5, 0.6) is 0 Å². The van der Waals surface area contributed by atoms with Crippen molar-refractivity contribution in [2.24, 2.45) is 0 Å². The van der Waals surface area contributed by atoms with Crippen LogP contribution in [0.25, 0.3) is 0 Å². The maximum absolute atomic E-state index is 3.48. The van der Waals surface area contributed by atoms with Gasteiger partial charge in [-0.15, -0.1) is 0 Å². The predicted octanol–water partition coefficient (Wildman–Crippen LogP) is 3.90. The minimum absolute atomic E-state index is 0.924. The molecule has 0 unspecified atom stereocenters. The molecule has 0 bridgehead atoms. The van der Waals surface area contributed by atoms with Gasteiger partial charge >= 0.3 is 0 Å². The summed E-state index contributed by atoms with van der Waals surface area (Å²) in [5.74, 6) is 0. The third-order valence-electron chi connectivity index (χ3n) is 3.35. The summed E-state index contributed by atoms with van der Waals surface area (Å²) in [6.45, 7) is 8.28. The topological polar surface area (TPSA) is 12.0 Å². The molecule has 0 heterocycles. The SMILES string of the molecule is Cc1ccc(CNCc2ccc(C)c(C)c2)cc1. The third-order valence-corrected chi connectivity index (χ3v) is 3.35. The summed E-state index contributed by atoms with van der Waals surface area (Å²) in [7, 11) is 0. The minimum atomic E-state index is 0.924. The normalized spacial score (nSPS) is 10.6. The molecule has 0 amide bonds. The molecule has 0 fully saturated rings. The molecule has 0 aromatic heterocycles. The Morgan fingerprint density at radius 1 is 0.722 bits per heavy atom. The molecule has 0 aliphatic heterocycles. The van der Waals surface area contributed by atoms with Gasteiger partial charge in [-0.1, -0.05) is 48.0 Å². The number of nitrogens with one attached hydrogen (secondary N) is 1. The number of aryl methyl sites for hydroxylation is 3. The quantitative estimate of drug-likeness (QED) is 0.853. The number of benzene rings is 2. The molecule has 2 rings (SSSR count). The lowest BCUT2D eigenvalue weighted by molar-refractivity contribution is 0.693. The van der Waals surface area contributed by atoms with E-state index in [2.05, 4.69) is 68.6 Å². The molecule has 0 aliphatic rings. The highest BCUT2D eigenvalue weighted by molar-refractivity contribution is 5.30. The van der Waals surface area contributed by atoms with Crippen LogP contribution in [0.3, 0.4) is 0 Å². The predicted molar refractivity (Wildman–Crippen MR) is 77.6 cm³/mol. The Bertz CT molecular complexity index is 512. The van der Waals surface area contributed by atoms with E-state index in [1.165, 1.54) is 27.8 Å². The van der Waals surface area contributed by atoms with Crippen molar-refractivity contribution in [1.82, 2.24) is 5.32 Å². The zero-order valence-corrected chi connectivity index (χ0v) is 11.5. The Balaban J connectivity index is 1.88. The third kappa shape index (κ3) is 3.44. The van der Waals surface area contributed by atoms with Gasteiger partial charge in [0.2, 0.25) is 0 Å². The average Bonchev–Trinajstić information content (AvgIpc) is 2.36. The molecule has 0 radical (unpaired) electrons. The largest absolute Gasteiger partial charge is 0.309 e. The monoisotopic (exact) mass is 239 g/mol. The van der Waals surface area contributed by atoms with Gasteiger partial charge < -0.3 is 5.32 Å². The fourth-order valence-electron chi connectivity index (χ4n) is 1.97. The van der Waals surface area contributed by atoms with Gasteiger partial charge in [0.25, 0.3) is 0 Å². The summed E-state index contributed by atoms with van der Waals surface area (Å²) in [6, 6.07) is 15.3. The van der Waals surface area contributed by atoms with E-state index in [0.29, 0.717) is 0 Å². The molecule has 1 N–H and O–H groups in total. The van der Waals surface area contributed by atoms with E-state index in [-0.39, 0.29) is 0 Å². The molecule has 2 aromatic rings. The molecule has 2 aromatic carbocycles. The summed E-state index contributed by atoms with van der Waals surface area (Å²) in [5.41, 5.74) is 6.73. The first-order valence-electron chi connectivity index (χ1n) is 6.47. The maximum atomic E-state index is 3.48. The molecular weight excluding hydrogens is 218 g/mol. The van der Waals surface area contributed by atoms with Crippen LogP contribution in [0, 0.1) is 20.8 Å².